The maximum absolute atomic E-state index is 12.7. The third-order valence-corrected chi connectivity index (χ3v) is 5.44. The summed E-state index contributed by atoms with van der Waals surface area (Å²) in [5, 5.41) is 6.41. The van der Waals surface area contributed by atoms with Crippen molar-refractivity contribution in [2.24, 2.45) is 0 Å². The Bertz CT molecular complexity index is 1250. The van der Waals surface area contributed by atoms with E-state index in [1.807, 2.05) is 0 Å². The van der Waals surface area contributed by atoms with Gasteiger partial charge in [0, 0.05) is 29.0 Å². The number of methoxy groups -OCH3 is 1. The number of carbonyl (C=O) groups is 3. The number of anilines is 2. The van der Waals surface area contributed by atoms with Gasteiger partial charge in [0.25, 0.3) is 17.7 Å². The number of amides is 3. The van der Waals surface area contributed by atoms with Crippen LogP contribution in [0.25, 0.3) is 5.57 Å². The summed E-state index contributed by atoms with van der Waals surface area (Å²) >= 11 is 5.87. The minimum atomic E-state index is -0.435. The number of nitrogens with zero attached hydrogens (tertiary/aromatic N) is 1. The quantitative estimate of drug-likeness (QED) is 0.530. The number of benzene rings is 3. The number of carbonyl (C=O) groups excluding carboxylic acids is 3. The van der Waals surface area contributed by atoms with E-state index < -0.39 is 11.8 Å². The lowest BCUT2D eigenvalue weighted by Crippen LogP contribution is -2.27. The van der Waals surface area contributed by atoms with E-state index in [2.05, 4.69) is 10.6 Å². The first-order chi connectivity index (χ1) is 15.9. The standard InChI is InChI=1S/C25H20ClN3O4/c1-29-24(31)21(15-5-13-20(33-2)14-6-15)22(25(29)32)27-18-9-3-16(4-10-18)23(30)28-19-11-7-17(26)8-12-19/h3-14,27H,1-2H3,(H,28,30). The van der Waals surface area contributed by atoms with E-state index in [9.17, 15) is 14.4 Å². The van der Waals surface area contributed by atoms with Gasteiger partial charge in [-0.3, -0.25) is 19.3 Å². The number of hydrogen-bond donors (Lipinski definition) is 2. The van der Waals surface area contributed by atoms with Crippen LogP contribution in [-0.2, 0) is 9.59 Å². The molecule has 8 heteroatoms. The summed E-state index contributed by atoms with van der Waals surface area (Å²) in [6.45, 7) is 0. The van der Waals surface area contributed by atoms with E-state index in [0.717, 1.165) is 4.90 Å². The Morgan fingerprint density at radius 2 is 1.45 bits per heavy atom. The van der Waals surface area contributed by atoms with Gasteiger partial charge in [-0.25, -0.2) is 0 Å². The van der Waals surface area contributed by atoms with Crippen LogP contribution in [0.3, 0.4) is 0 Å². The molecule has 166 valence electrons. The smallest absolute Gasteiger partial charge is 0.277 e. The van der Waals surface area contributed by atoms with Gasteiger partial charge in [-0.15, -0.1) is 0 Å². The highest BCUT2D eigenvalue weighted by Gasteiger charge is 2.36. The molecule has 3 aromatic carbocycles. The molecule has 33 heavy (non-hydrogen) atoms. The molecule has 0 atom stereocenters. The minimum Gasteiger partial charge on any atom is -0.497 e. The number of likely N-dealkylation sites (N-methyl/N-ethyl adjacent to an activating group) is 1. The topological polar surface area (TPSA) is 87.7 Å². The number of nitrogens with one attached hydrogen (secondary N) is 2. The largest absolute Gasteiger partial charge is 0.497 e. The van der Waals surface area contributed by atoms with Crippen molar-refractivity contribution in [3.05, 3.63) is 94.6 Å². The van der Waals surface area contributed by atoms with Gasteiger partial charge in [0.1, 0.15) is 11.4 Å². The molecule has 2 N–H and O–H groups in total. The molecule has 3 amide bonds. The third kappa shape index (κ3) is 4.58. The predicted octanol–water partition coefficient (Wildman–Crippen LogP) is 4.42. The maximum atomic E-state index is 12.7. The second-order valence-electron chi connectivity index (χ2n) is 7.31. The summed E-state index contributed by atoms with van der Waals surface area (Å²) in [6.07, 6.45) is 0. The average Bonchev–Trinajstić information content (AvgIpc) is 3.04. The lowest BCUT2D eigenvalue weighted by atomic mass is 10.0. The van der Waals surface area contributed by atoms with E-state index in [4.69, 9.17) is 16.3 Å². The van der Waals surface area contributed by atoms with Crippen LogP contribution in [0.2, 0.25) is 5.02 Å². The van der Waals surface area contributed by atoms with E-state index >= 15 is 0 Å². The molecule has 1 aliphatic rings. The van der Waals surface area contributed by atoms with Crippen molar-refractivity contribution >= 4 is 46.3 Å². The van der Waals surface area contributed by atoms with Crippen LogP contribution in [-0.4, -0.2) is 36.8 Å². The Morgan fingerprint density at radius 3 is 2.06 bits per heavy atom. The maximum Gasteiger partial charge on any atom is 0.277 e. The Labute approximate surface area is 195 Å². The predicted molar refractivity (Wildman–Crippen MR) is 127 cm³/mol. The van der Waals surface area contributed by atoms with Gasteiger partial charge in [0.2, 0.25) is 0 Å². The number of hydrogen-bond acceptors (Lipinski definition) is 5. The highest BCUT2D eigenvalue weighted by atomic mass is 35.5. The van der Waals surface area contributed by atoms with Crippen molar-refractivity contribution in [1.29, 1.82) is 0 Å². The van der Waals surface area contributed by atoms with Crippen molar-refractivity contribution < 1.29 is 19.1 Å². The van der Waals surface area contributed by atoms with E-state index in [1.165, 1.54) is 7.05 Å². The highest BCUT2D eigenvalue weighted by molar-refractivity contribution is 6.36. The second kappa shape index (κ2) is 9.18. The van der Waals surface area contributed by atoms with Crippen LogP contribution in [0, 0.1) is 0 Å². The average molecular weight is 462 g/mol. The van der Waals surface area contributed by atoms with Crippen LogP contribution < -0.4 is 15.4 Å². The highest BCUT2D eigenvalue weighted by Crippen LogP contribution is 2.30. The minimum absolute atomic E-state index is 0.172. The molecular weight excluding hydrogens is 442 g/mol. The number of imide groups is 1. The van der Waals surface area contributed by atoms with Gasteiger partial charge >= 0.3 is 0 Å². The summed E-state index contributed by atoms with van der Waals surface area (Å²) in [4.78, 5) is 39.0. The number of ether oxygens (including phenoxy) is 1. The summed E-state index contributed by atoms with van der Waals surface area (Å²) in [7, 11) is 2.99. The Kier molecular flexibility index (Phi) is 6.15. The zero-order chi connectivity index (χ0) is 23.5. The first-order valence-electron chi connectivity index (χ1n) is 10.0. The molecule has 0 radical (unpaired) electrons. The summed E-state index contributed by atoms with van der Waals surface area (Å²) in [5.41, 5.74) is 2.67. The van der Waals surface area contributed by atoms with Crippen LogP contribution in [0.15, 0.2) is 78.5 Å². The SMILES string of the molecule is COc1ccc(C2=C(Nc3ccc(C(=O)Nc4ccc(Cl)cc4)cc3)C(=O)N(C)C2=O)cc1. The van der Waals surface area contributed by atoms with Gasteiger partial charge in [-0.05, 0) is 66.2 Å². The first kappa shape index (κ1) is 22.1. The van der Waals surface area contributed by atoms with Crippen molar-refractivity contribution in [2.75, 3.05) is 24.8 Å². The molecule has 1 heterocycles. The first-order valence-corrected chi connectivity index (χ1v) is 10.4. The molecule has 3 aromatic rings. The molecule has 0 unspecified atom stereocenters. The lowest BCUT2D eigenvalue weighted by Gasteiger charge is -2.10. The summed E-state index contributed by atoms with van der Waals surface area (Å²) < 4.78 is 5.16. The molecule has 7 nitrogen and oxygen atoms in total. The molecule has 0 fully saturated rings. The summed E-state index contributed by atoms with van der Waals surface area (Å²) in [6, 6.07) is 20.3. The Morgan fingerprint density at radius 1 is 0.848 bits per heavy atom. The van der Waals surface area contributed by atoms with E-state index in [-0.39, 0.29) is 17.2 Å². The fraction of sp³-hybridized carbons (Fsp3) is 0.0800. The monoisotopic (exact) mass is 461 g/mol. The zero-order valence-electron chi connectivity index (χ0n) is 17.9. The van der Waals surface area contributed by atoms with Crippen molar-refractivity contribution in [3.8, 4) is 5.75 Å². The number of rotatable bonds is 6. The van der Waals surface area contributed by atoms with Crippen LogP contribution >= 0.6 is 11.6 Å². The summed E-state index contributed by atoms with van der Waals surface area (Å²) in [5.74, 6) is -0.470. The second-order valence-corrected chi connectivity index (χ2v) is 7.75. The van der Waals surface area contributed by atoms with Crippen molar-refractivity contribution in [2.45, 2.75) is 0 Å². The molecule has 0 bridgehead atoms. The molecule has 0 aromatic heterocycles. The zero-order valence-corrected chi connectivity index (χ0v) is 18.6. The van der Waals surface area contributed by atoms with Crippen molar-refractivity contribution in [3.63, 3.8) is 0 Å². The molecule has 0 saturated heterocycles. The molecule has 0 saturated carbocycles. The van der Waals surface area contributed by atoms with Gasteiger partial charge in [0.15, 0.2) is 0 Å². The van der Waals surface area contributed by atoms with Crippen LogP contribution in [0.4, 0.5) is 11.4 Å². The fourth-order valence-corrected chi connectivity index (χ4v) is 3.49. The van der Waals surface area contributed by atoms with Crippen molar-refractivity contribution in [1.82, 2.24) is 4.90 Å². The Hall–Kier alpha value is -4.10. The normalized spacial score (nSPS) is 13.4. The third-order valence-electron chi connectivity index (χ3n) is 5.18. The van der Waals surface area contributed by atoms with Crippen LogP contribution in [0.1, 0.15) is 15.9 Å². The van der Waals surface area contributed by atoms with Gasteiger partial charge in [-0.1, -0.05) is 23.7 Å². The lowest BCUT2D eigenvalue weighted by molar-refractivity contribution is -0.135. The molecular formula is C25H20ClN3O4. The van der Waals surface area contributed by atoms with Gasteiger partial charge < -0.3 is 15.4 Å². The Balaban J connectivity index is 1.56. The van der Waals surface area contributed by atoms with Gasteiger partial charge in [-0.2, -0.15) is 0 Å². The molecule has 1 aliphatic heterocycles. The molecule has 0 spiro atoms. The molecule has 0 aliphatic carbocycles. The van der Waals surface area contributed by atoms with E-state index in [1.54, 1.807) is 79.9 Å². The molecule has 4 rings (SSSR count). The van der Waals surface area contributed by atoms with Crippen LogP contribution in [0.5, 0.6) is 5.75 Å². The van der Waals surface area contributed by atoms with E-state index in [0.29, 0.717) is 33.3 Å². The fourth-order valence-electron chi connectivity index (χ4n) is 3.37. The van der Waals surface area contributed by atoms with Gasteiger partial charge in [0.05, 0.1) is 12.7 Å². The number of halogens is 1.